The van der Waals surface area contributed by atoms with Crippen molar-refractivity contribution in [1.29, 1.82) is 0 Å². The lowest BCUT2D eigenvalue weighted by Gasteiger charge is -2.16. The predicted molar refractivity (Wildman–Crippen MR) is 142 cm³/mol. The molecule has 1 aliphatic heterocycles. The minimum atomic E-state index is -0.673. The Kier molecular flexibility index (Phi) is 7.93. The summed E-state index contributed by atoms with van der Waals surface area (Å²) in [5.74, 6) is -1.01. The van der Waals surface area contributed by atoms with E-state index in [9.17, 15) is 14.4 Å². The van der Waals surface area contributed by atoms with Gasteiger partial charge in [-0.25, -0.2) is 4.90 Å². The third-order valence-electron chi connectivity index (χ3n) is 5.43. The number of para-hydroxylation sites is 3. The van der Waals surface area contributed by atoms with E-state index in [1.807, 2.05) is 18.2 Å². The molecule has 0 aromatic heterocycles. The topological polar surface area (TPSA) is 87.7 Å². The molecular formula is C27H23Cl2N3O4. The van der Waals surface area contributed by atoms with Gasteiger partial charge in [-0.05, 0) is 55.0 Å². The Morgan fingerprint density at radius 1 is 0.917 bits per heavy atom. The minimum Gasteiger partial charge on any atom is -0.491 e. The van der Waals surface area contributed by atoms with Crippen LogP contribution < -0.4 is 20.3 Å². The number of ether oxygens (including phenoxy) is 1. The number of halogens is 2. The summed E-state index contributed by atoms with van der Waals surface area (Å²) in [4.78, 5) is 39.3. The van der Waals surface area contributed by atoms with E-state index in [2.05, 4.69) is 17.6 Å². The van der Waals surface area contributed by atoms with Crippen molar-refractivity contribution >= 4 is 58.0 Å². The lowest BCUT2D eigenvalue weighted by atomic mass is 10.1. The van der Waals surface area contributed by atoms with Crippen LogP contribution in [0.2, 0.25) is 5.02 Å². The average Bonchev–Trinajstić information content (AvgIpc) is 3.09. The molecule has 1 aliphatic rings. The van der Waals surface area contributed by atoms with E-state index in [0.717, 1.165) is 17.7 Å². The molecule has 3 aromatic rings. The Hall–Kier alpha value is -3.81. The van der Waals surface area contributed by atoms with E-state index >= 15 is 0 Å². The van der Waals surface area contributed by atoms with Crippen molar-refractivity contribution in [2.24, 2.45) is 0 Å². The number of carbonyl (C=O) groups is 3. The second-order valence-corrected chi connectivity index (χ2v) is 8.73. The zero-order chi connectivity index (χ0) is 25.7. The van der Waals surface area contributed by atoms with E-state index in [1.165, 1.54) is 0 Å². The number of rotatable bonds is 9. The molecule has 0 saturated heterocycles. The van der Waals surface area contributed by atoms with Gasteiger partial charge in [0.25, 0.3) is 17.7 Å². The highest BCUT2D eigenvalue weighted by molar-refractivity contribution is 6.53. The summed E-state index contributed by atoms with van der Waals surface area (Å²) in [6.45, 7) is 2.65. The third kappa shape index (κ3) is 5.37. The van der Waals surface area contributed by atoms with Crippen LogP contribution in [0.15, 0.2) is 83.5 Å². The van der Waals surface area contributed by atoms with Crippen LogP contribution in [0.4, 0.5) is 17.1 Å². The molecule has 0 radical (unpaired) electrons. The van der Waals surface area contributed by atoms with Crippen LogP contribution >= 0.6 is 23.2 Å². The molecule has 3 amide bonds. The summed E-state index contributed by atoms with van der Waals surface area (Å²) < 4.78 is 5.77. The molecule has 36 heavy (non-hydrogen) atoms. The first-order valence-electron chi connectivity index (χ1n) is 11.3. The lowest BCUT2D eigenvalue weighted by molar-refractivity contribution is -0.120. The summed E-state index contributed by atoms with van der Waals surface area (Å²) in [6, 6.07) is 20.2. The Labute approximate surface area is 218 Å². The normalized spacial score (nSPS) is 13.2. The molecule has 0 aliphatic carbocycles. The number of carbonyl (C=O) groups excluding carboxylic acids is 3. The van der Waals surface area contributed by atoms with Gasteiger partial charge in [-0.3, -0.25) is 14.4 Å². The van der Waals surface area contributed by atoms with E-state index in [-0.39, 0.29) is 27.3 Å². The molecule has 0 bridgehead atoms. The van der Waals surface area contributed by atoms with Gasteiger partial charge in [-0.1, -0.05) is 60.8 Å². The Morgan fingerprint density at radius 3 is 2.33 bits per heavy atom. The minimum absolute atomic E-state index is 0.0723. The fourth-order valence-corrected chi connectivity index (χ4v) is 3.96. The summed E-state index contributed by atoms with van der Waals surface area (Å²) in [7, 11) is 0. The highest BCUT2D eigenvalue weighted by Crippen LogP contribution is 2.34. The molecule has 1 heterocycles. The lowest BCUT2D eigenvalue weighted by Crippen LogP contribution is -2.32. The molecule has 0 saturated carbocycles. The van der Waals surface area contributed by atoms with Gasteiger partial charge in [0.05, 0.1) is 23.0 Å². The van der Waals surface area contributed by atoms with Crippen molar-refractivity contribution < 1.29 is 19.1 Å². The molecule has 3 aromatic carbocycles. The van der Waals surface area contributed by atoms with E-state index < -0.39 is 11.8 Å². The van der Waals surface area contributed by atoms with E-state index in [1.54, 1.807) is 54.6 Å². The predicted octanol–water partition coefficient (Wildman–Crippen LogP) is 6.21. The molecule has 4 rings (SSSR count). The van der Waals surface area contributed by atoms with Crippen molar-refractivity contribution in [3.63, 3.8) is 0 Å². The van der Waals surface area contributed by atoms with Crippen molar-refractivity contribution in [2.75, 3.05) is 22.1 Å². The molecule has 0 unspecified atom stereocenters. The molecule has 0 spiro atoms. The van der Waals surface area contributed by atoms with Crippen LogP contribution in [-0.2, 0) is 9.59 Å². The van der Waals surface area contributed by atoms with Crippen molar-refractivity contribution in [3.8, 4) is 5.75 Å². The van der Waals surface area contributed by atoms with Crippen LogP contribution in [-0.4, -0.2) is 24.3 Å². The monoisotopic (exact) mass is 523 g/mol. The summed E-state index contributed by atoms with van der Waals surface area (Å²) in [5, 5.41) is 5.75. The van der Waals surface area contributed by atoms with E-state index in [0.29, 0.717) is 29.3 Å². The molecular weight excluding hydrogens is 501 g/mol. The number of anilines is 3. The van der Waals surface area contributed by atoms with Gasteiger partial charge in [0, 0.05) is 11.3 Å². The largest absolute Gasteiger partial charge is 0.491 e. The standard InChI is InChI=1S/C27H23Cl2N3O4/c1-2-3-16-36-22-11-7-5-9-20(22)31-25(33)17-12-14-18(15-13-17)30-24-23(29)26(34)32(27(24)35)21-10-6-4-8-19(21)28/h4-15,30H,2-3,16H2,1H3,(H,31,33). The first-order chi connectivity index (χ1) is 17.4. The summed E-state index contributed by atoms with van der Waals surface area (Å²) in [5.41, 5.74) is 1.63. The second kappa shape index (κ2) is 11.3. The quantitative estimate of drug-likeness (QED) is 0.257. The second-order valence-electron chi connectivity index (χ2n) is 7.94. The molecule has 0 fully saturated rings. The van der Waals surface area contributed by atoms with Crippen molar-refractivity contribution in [1.82, 2.24) is 0 Å². The van der Waals surface area contributed by atoms with Gasteiger partial charge in [-0.2, -0.15) is 0 Å². The molecule has 7 nitrogen and oxygen atoms in total. The highest BCUT2D eigenvalue weighted by Gasteiger charge is 2.39. The first-order valence-corrected chi connectivity index (χ1v) is 12.1. The number of hydrogen-bond donors (Lipinski definition) is 2. The highest BCUT2D eigenvalue weighted by atomic mass is 35.5. The summed E-state index contributed by atoms with van der Waals surface area (Å²) in [6.07, 6.45) is 1.93. The van der Waals surface area contributed by atoms with Gasteiger partial charge in [-0.15, -0.1) is 0 Å². The van der Waals surface area contributed by atoms with Crippen LogP contribution in [0, 0.1) is 0 Å². The Balaban J connectivity index is 1.45. The molecule has 2 N–H and O–H groups in total. The third-order valence-corrected chi connectivity index (χ3v) is 6.10. The number of unbranched alkanes of at least 4 members (excludes halogenated alkanes) is 1. The fourth-order valence-electron chi connectivity index (χ4n) is 3.53. The van der Waals surface area contributed by atoms with Gasteiger partial charge >= 0.3 is 0 Å². The maximum absolute atomic E-state index is 13.0. The average molecular weight is 524 g/mol. The maximum atomic E-state index is 13.0. The van der Waals surface area contributed by atoms with Crippen LogP contribution in [0.1, 0.15) is 30.1 Å². The smallest absolute Gasteiger partial charge is 0.283 e. The summed E-state index contributed by atoms with van der Waals surface area (Å²) >= 11 is 12.4. The number of hydrogen-bond acceptors (Lipinski definition) is 5. The Bertz CT molecular complexity index is 1340. The van der Waals surface area contributed by atoms with Gasteiger partial charge in [0.2, 0.25) is 0 Å². The molecule has 9 heteroatoms. The number of nitrogens with zero attached hydrogens (tertiary/aromatic N) is 1. The van der Waals surface area contributed by atoms with Crippen LogP contribution in [0.25, 0.3) is 0 Å². The van der Waals surface area contributed by atoms with Crippen LogP contribution in [0.3, 0.4) is 0 Å². The van der Waals surface area contributed by atoms with Crippen molar-refractivity contribution in [2.45, 2.75) is 19.8 Å². The van der Waals surface area contributed by atoms with Gasteiger partial charge in [0.15, 0.2) is 0 Å². The van der Waals surface area contributed by atoms with Gasteiger partial charge < -0.3 is 15.4 Å². The molecule has 184 valence electrons. The Morgan fingerprint density at radius 2 is 1.61 bits per heavy atom. The zero-order valence-electron chi connectivity index (χ0n) is 19.4. The maximum Gasteiger partial charge on any atom is 0.283 e. The SMILES string of the molecule is CCCCOc1ccccc1NC(=O)c1ccc(NC2=C(Cl)C(=O)N(c3ccccc3Cl)C2=O)cc1. The van der Waals surface area contributed by atoms with E-state index in [4.69, 9.17) is 27.9 Å². The number of imide groups is 1. The zero-order valence-corrected chi connectivity index (χ0v) is 20.9. The fraction of sp³-hybridized carbons (Fsp3) is 0.148. The van der Waals surface area contributed by atoms with Crippen molar-refractivity contribution in [3.05, 3.63) is 94.1 Å². The number of benzene rings is 3. The molecule has 0 atom stereocenters. The van der Waals surface area contributed by atoms with Gasteiger partial charge in [0.1, 0.15) is 16.5 Å². The van der Waals surface area contributed by atoms with Crippen LogP contribution in [0.5, 0.6) is 5.75 Å². The first kappa shape index (κ1) is 25.3. The number of nitrogens with one attached hydrogen (secondary N) is 2. The number of amides is 3.